The van der Waals surface area contributed by atoms with Crippen LogP contribution in [0.2, 0.25) is 0 Å². The first-order valence-electron chi connectivity index (χ1n) is 6.78. The van der Waals surface area contributed by atoms with Gasteiger partial charge < -0.3 is 5.32 Å². The van der Waals surface area contributed by atoms with Crippen LogP contribution in [0.15, 0.2) is 18.2 Å². The molecule has 1 unspecified atom stereocenters. The van der Waals surface area contributed by atoms with Crippen LogP contribution < -0.4 is 5.32 Å². The summed E-state index contributed by atoms with van der Waals surface area (Å²) in [5.74, 6) is 0. The van der Waals surface area contributed by atoms with Gasteiger partial charge in [0.15, 0.2) is 0 Å². The van der Waals surface area contributed by atoms with Crippen molar-refractivity contribution in [1.29, 1.82) is 0 Å². The third-order valence-electron chi connectivity index (χ3n) is 3.19. The average Bonchev–Trinajstić information content (AvgIpc) is 2.25. The predicted molar refractivity (Wildman–Crippen MR) is 75.9 cm³/mol. The van der Waals surface area contributed by atoms with E-state index in [-0.39, 0.29) is 6.04 Å². The summed E-state index contributed by atoms with van der Waals surface area (Å²) >= 11 is 0. The van der Waals surface area contributed by atoms with Crippen LogP contribution in [0, 0.1) is 13.8 Å². The van der Waals surface area contributed by atoms with Crippen molar-refractivity contribution in [2.24, 2.45) is 0 Å². The van der Waals surface area contributed by atoms with Gasteiger partial charge in [0.25, 0.3) is 0 Å². The van der Waals surface area contributed by atoms with Gasteiger partial charge >= 0.3 is 6.18 Å². The molecule has 20 heavy (non-hydrogen) atoms. The van der Waals surface area contributed by atoms with Crippen LogP contribution in [-0.2, 0) is 0 Å². The minimum absolute atomic E-state index is 0.0899. The quantitative estimate of drug-likeness (QED) is 0.862. The van der Waals surface area contributed by atoms with Gasteiger partial charge in [0, 0.05) is 12.6 Å². The van der Waals surface area contributed by atoms with E-state index in [9.17, 15) is 13.2 Å². The van der Waals surface area contributed by atoms with Crippen molar-refractivity contribution < 1.29 is 13.2 Å². The number of likely N-dealkylation sites (N-methyl/N-ethyl adjacent to an activating group) is 2. The highest BCUT2D eigenvalue weighted by molar-refractivity contribution is 5.33. The zero-order chi connectivity index (χ0) is 15.3. The summed E-state index contributed by atoms with van der Waals surface area (Å²) in [6.07, 6.45) is -4.16. The van der Waals surface area contributed by atoms with Crippen molar-refractivity contribution in [2.45, 2.75) is 33.0 Å². The molecule has 0 bridgehead atoms. The third kappa shape index (κ3) is 5.51. The maximum Gasteiger partial charge on any atom is 0.401 e. The molecule has 0 aliphatic carbocycles. The molecule has 0 saturated heterocycles. The first-order valence-corrected chi connectivity index (χ1v) is 6.78. The molecule has 2 nitrogen and oxygen atoms in total. The summed E-state index contributed by atoms with van der Waals surface area (Å²) in [7, 11) is 1.50. The number of aryl methyl sites for hydroxylation is 2. The Balaban J connectivity index is 2.83. The van der Waals surface area contributed by atoms with Crippen LogP contribution in [0.5, 0.6) is 0 Å². The minimum Gasteiger partial charge on any atom is -0.309 e. The Morgan fingerprint density at radius 3 is 2.40 bits per heavy atom. The topological polar surface area (TPSA) is 15.3 Å². The van der Waals surface area contributed by atoms with Crippen molar-refractivity contribution in [2.75, 3.05) is 26.7 Å². The summed E-state index contributed by atoms with van der Waals surface area (Å²) < 4.78 is 37.2. The largest absolute Gasteiger partial charge is 0.401 e. The summed E-state index contributed by atoms with van der Waals surface area (Å²) in [6.45, 7) is 6.13. The zero-order valence-electron chi connectivity index (χ0n) is 12.5. The molecule has 0 aliphatic heterocycles. The van der Waals surface area contributed by atoms with E-state index in [0.29, 0.717) is 6.54 Å². The Kier molecular flexibility index (Phi) is 6.02. The number of hydrogen-bond acceptors (Lipinski definition) is 2. The average molecular weight is 288 g/mol. The third-order valence-corrected chi connectivity index (χ3v) is 3.19. The van der Waals surface area contributed by atoms with Gasteiger partial charge in [-0.2, -0.15) is 13.2 Å². The molecule has 0 aromatic heterocycles. The molecule has 0 radical (unpaired) electrons. The first kappa shape index (κ1) is 17.0. The monoisotopic (exact) mass is 288 g/mol. The lowest BCUT2D eigenvalue weighted by molar-refractivity contribution is -0.143. The van der Waals surface area contributed by atoms with E-state index >= 15 is 0 Å². The molecule has 0 aliphatic rings. The minimum atomic E-state index is -4.16. The molecule has 0 heterocycles. The Morgan fingerprint density at radius 2 is 1.90 bits per heavy atom. The van der Waals surface area contributed by atoms with Gasteiger partial charge in [-0.25, -0.2) is 0 Å². The Morgan fingerprint density at radius 1 is 1.25 bits per heavy atom. The standard InChI is InChI=1S/C15H23F3N2/c1-5-19-14(9-20(4)10-15(16,17)18)13-7-6-11(2)8-12(13)3/h6-8,14,19H,5,9-10H2,1-4H3. The molecule has 1 N–H and O–H groups in total. The zero-order valence-corrected chi connectivity index (χ0v) is 12.5. The van der Waals surface area contributed by atoms with Crippen LogP contribution in [0.1, 0.15) is 29.7 Å². The lowest BCUT2D eigenvalue weighted by Crippen LogP contribution is -2.38. The first-order chi connectivity index (χ1) is 9.23. The summed E-state index contributed by atoms with van der Waals surface area (Å²) in [6, 6.07) is 5.96. The van der Waals surface area contributed by atoms with Gasteiger partial charge in [-0.05, 0) is 38.6 Å². The number of hydrogen-bond donors (Lipinski definition) is 1. The van der Waals surface area contributed by atoms with Gasteiger partial charge in [0.1, 0.15) is 0 Å². The van der Waals surface area contributed by atoms with Crippen molar-refractivity contribution in [1.82, 2.24) is 10.2 Å². The van der Waals surface area contributed by atoms with Gasteiger partial charge in [-0.1, -0.05) is 30.7 Å². The van der Waals surface area contributed by atoms with Crippen LogP contribution in [0.25, 0.3) is 0 Å². The second kappa shape index (κ2) is 7.09. The Bertz CT molecular complexity index is 430. The van der Waals surface area contributed by atoms with E-state index in [1.54, 1.807) is 0 Å². The van der Waals surface area contributed by atoms with Gasteiger partial charge in [-0.15, -0.1) is 0 Å². The van der Waals surface area contributed by atoms with Gasteiger partial charge in [-0.3, -0.25) is 4.90 Å². The van der Waals surface area contributed by atoms with E-state index in [0.717, 1.165) is 23.2 Å². The molecule has 0 amide bonds. The molecule has 1 rings (SSSR count). The van der Waals surface area contributed by atoms with E-state index < -0.39 is 12.7 Å². The van der Waals surface area contributed by atoms with Crippen molar-refractivity contribution in [3.63, 3.8) is 0 Å². The highest BCUT2D eigenvalue weighted by Gasteiger charge is 2.30. The summed E-state index contributed by atoms with van der Waals surface area (Å²) in [4.78, 5) is 1.31. The summed E-state index contributed by atoms with van der Waals surface area (Å²) in [5, 5.41) is 3.27. The molecular formula is C15H23F3N2. The van der Waals surface area contributed by atoms with Crippen molar-refractivity contribution in [3.05, 3.63) is 34.9 Å². The van der Waals surface area contributed by atoms with E-state index in [4.69, 9.17) is 0 Å². The van der Waals surface area contributed by atoms with Crippen molar-refractivity contribution in [3.8, 4) is 0 Å². The maximum absolute atomic E-state index is 12.4. The van der Waals surface area contributed by atoms with Crippen molar-refractivity contribution >= 4 is 0 Å². The molecule has 114 valence electrons. The Hall–Kier alpha value is -1.07. The second-order valence-electron chi connectivity index (χ2n) is 5.28. The smallest absolute Gasteiger partial charge is 0.309 e. The molecule has 5 heteroatoms. The number of rotatable bonds is 6. The number of nitrogens with one attached hydrogen (secondary N) is 1. The molecule has 1 aromatic carbocycles. The highest BCUT2D eigenvalue weighted by Crippen LogP contribution is 2.22. The van der Waals surface area contributed by atoms with E-state index in [1.165, 1.54) is 11.9 Å². The number of alkyl halides is 3. The lowest BCUT2D eigenvalue weighted by atomic mass is 9.98. The number of benzene rings is 1. The van der Waals surface area contributed by atoms with E-state index in [1.807, 2.05) is 32.9 Å². The molecule has 1 aromatic rings. The molecule has 0 fully saturated rings. The normalized spacial score (nSPS) is 13.8. The SMILES string of the molecule is CCNC(CN(C)CC(F)(F)F)c1ccc(C)cc1C. The fourth-order valence-electron chi connectivity index (χ4n) is 2.42. The van der Waals surface area contributed by atoms with Crippen LogP contribution in [-0.4, -0.2) is 37.8 Å². The highest BCUT2D eigenvalue weighted by atomic mass is 19.4. The fourth-order valence-corrected chi connectivity index (χ4v) is 2.42. The summed E-state index contributed by atoms with van der Waals surface area (Å²) in [5.41, 5.74) is 3.33. The maximum atomic E-state index is 12.4. The molecular weight excluding hydrogens is 265 g/mol. The van der Waals surface area contributed by atoms with Crippen LogP contribution in [0.4, 0.5) is 13.2 Å². The van der Waals surface area contributed by atoms with Gasteiger partial charge in [0.2, 0.25) is 0 Å². The second-order valence-corrected chi connectivity index (χ2v) is 5.28. The lowest BCUT2D eigenvalue weighted by Gasteiger charge is -2.27. The molecule has 1 atom stereocenters. The van der Waals surface area contributed by atoms with Crippen LogP contribution in [0.3, 0.4) is 0 Å². The predicted octanol–water partition coefficient (Wildman–Crippen LogP) is 3.45. The number of nitrogens with zero attached hydrogens (tertiary/aromatic N) is 1. The Labute approximate surface area is 119 Å². The fraction of sp³-hybridized carbons (Fsp3) is 0.600. The number of halogens is 3. The van der Waals surface area contributed by atoms with E-state index in [2.05, 4.69) is 11.4 Å². The van der Waals surface area contributed by atoms with Crippen LogP contribution >= 0.6 is 0 Å². The molecule has 0 spiro atoms. The molecule has 0 saturated carbocycles. The van der Waals surface area contributed by atoms with Gasteiger partial charge in [0.05, 0.1) is 6.54 Å².